The van der Waals surface area contributed by atoms with Crippen molar-refractivity contribution in [3.63, 3.8) is 0 Å². The molecule has 1 fully saturated rings. The summed E-state index contributed by atoms with van der Waals surface area (Å²) in [7, 11) is 0. The Labute approximate surface area is 151 Å². The van der Waals surface area contributed by atoms with E-state index in [1.807, 2.05) is 0 Å². The maximum atomic E-state index is 13.3. The first-order chi connectivity index (χ1) is 12.0. The van der Waals surface area contributed by atoms with E-state index in [9.17, 15) is 22.8 Å². The maximum absolute atomic E-state index is 13.3. The third kappa shape index (κ3) is 4.99. The normalized spacial score (nSPS) is 19.8. The van der Waals surface area contributed by atoms with E-state index in [0.717, 1.165) is 6.07 Å². The smallest absolute Gasteiger partial charge is 0.416 e. The Balaban J connectivity index is 2.23. The van der Waals surface area contributed by atoms with Gasteiger partial charge in [-0.2, -0.15) is 13.2 Å². The van der Waals surface area contributed by atoms with E-state index in [1.165, 1.54) is 23.1 Å². The molecule has 2 rings (SSSR count). The van der Waals surface area contributed by atoms with Gasteiger partial charge < -0.3 is 14.4 Å². The van der Waals surface area contributed by atoms with E-state index in [4.69, 9.17) is 4.74 Å². The van der Waals surface area contributed by atoms with Crippen molar-refractivity contribution in [2.24, 2.45) is 5.92 Å². The molecule has 144 valence electrons. The summed E-state index contributed by atoms with van der Waals surface area (Å²) >= 11 is 0. The second-order valence-corrected chi connectivity index (χ2v) is 7.58. The summed E-state index contributed by atoms with van der Waals surface area (Å²) in [6.45, 7) is 5.92. The Kier molecular flexibility index (Phi) is 5.98. The number of aldehydes is 1. The largest absolute Gasteiger partial charge is 0.444 e. The number of likely N-dealkylation sites (tertiary alicyclic amines) is 1. The molecule has 1 amide bonds. The lowest BCUT2D eigenvalue weighted by Gasteiger charge is -2.36. The van der Waals surface area contributed by atoms with Gasteiger partial charge in [-0.3, -0.25) is 0 Å². The Morgan fingerprint density at radius 2 is 1.92 bits per heavy atom. The highest BCUT2D eigenvalue weighted by molar-refractivity contribution is 5.69. The number of hydrogen-bond acceptors (Lipinski definition) is 3. The van der Waals surface area contributed by atoms with Gasteiger partial charge in [0.25, 0.3) is 0 Å². The minimum atomic E-state index is -4.53. The average Bonchev–Trinajstić information content (AvgIpc) is 2.54. The number of rotatable bonds is 3. The lowest BCUT2D eigenvalue weighted by Crippen LogP contribution is -2.44. The fourth-order valence-corrected chi connectivity index (χ4v) is 3.28. The number of alkyl halides is 3. The zero-order valence-electron chi connectivity index (χ0n) is 15.2. The molecular weight excluding hydrogens is 347 g/mol. The van der Waals surface area contributed by atoms with Crippen LogP contribution in [0.1, 0.15) is 50.7 Å². The van der Waals surface area contributed by atoms with E-state index in [2.05, 4.69) is 0 Å². The summed E-state index contributed by atoms with van der Waals surface area (Å²) in [6.07, 6.45) is -3.28. The molecule has 2 unspecified atom stereocenters. The minimum absolute atomic E-state index is 0.0361. The number of amides is 1. The van der Waals surface area contributed by atoms with Crippen molar-refractivity contribution in [2.75, 3.05) is 13.1 Å². The van der Waals surface area contributed by atoms with Crippen LogP contribution >= 0.6 is 0 Å². The minimum Gasteiger partial charge on any atom is -0.444 e. The number of carbonyl (C=O) groups excluding carboxylic acids is 2. The van der Waals surface area contributed by atoms with E-state index < -0.39 is 29.4 Å². The number of piperidine rings is 1. The summed E-state index contributed by atoms with van der Waals surface area (Å²) in [4.78, 5) is 25.4. The Morgan fingerprint density at radius 3 is 2.50 bits per heavy atom. The van der Waals surface area contributed by atoms with Crippen LogP contribution in [-0.2, 0) is 15.7 Å². The van der Waals surface area contributed by atoms with Gasteiger partial charge in [-0.25, -0.2) is 4.79 Å². The van der Waals surface area contributed by atoms with Crippen molar-refractivity contribution in [3.05, 3.63) is 35.4 Å². The van der Waals surface area contributed by atoms with Gasteiger partial charge in [0.15, 0.2) is 0 Å². The SMILES string of the molecule is CC(C)(C)OC(=O)N1CCCC(C(C=O)c2ccccc2C(F)(F)F)C1. The molecule has 1 heterocycles. The molecule has 1 aromatic rings. The highest BCUT2D eigenvalue weighted by atomic mass is 19.4. The number of halogens is 3. The Hall–Kier alpha value is -2.05. The fourth-order valence-electron chi connectivity index (χ4n) is 3.28. The number of carbonyl (C=O) groups is 2. The molecule has 0 bridgehead atoms. The first kappa shape index (κ1) is 20.3. The lowest BCUT2D eigenvalue weighted by molar-refractivity contribution is -0.138. The molecule has 1 aromatic carbocycles. The summed E-state index contributed by atoms with van der Waals surface area (Å²) in [6, 6.07) is 5.13. The van der Waals surface area contributed by atoms with Crippen molar-refractivity contribution in [3.8, 4) is 0 Å². The zero-order chi connectivity index (χ0) is 19.5. The van der Waals surface area contributed by atoms with Gasteiger partial charge in [0.1, 0.15) is 11.9 Å². The fraction of sp³-hybridized carbons (Fsp3) is 0.579. The molecule has 0 aliphatic carbocycles. The van der Waals surface area contributed by atoms with Crippen molar-refractivity contribution >= 4 is 12.4 Å². The topological polar surface area (TPSA) is 46.6 Å². The molecule has 26 heavy (non-hydrogen) atoms. The molecule has 0 N–H and O–H groups in total. The molecule has 7 heteroatoms. The van der Waals surface area contributed by atoms with Crippen molar-refractivity contribution < 1.29 is 27.5 Å². The van der Waals surface area contributed by atoms with Crippen LogP contribution in [-0.4, -0.2) is 36.0 Å². The van der Waals surface area contributed by atoms with Gasteiger partial charge in [-0.1, -0.05) is 18.2 Å². The molecule has 1 aliphatic rings. The van der Waals surface area contributed by atoms with Crippen molar-refractivity contribution in [1.82, 2.24) is 4.90 Å². The van der Waals surface area contributed by atoms with Crippen molar-refractivity contribution in [1.29, 1.82) is 0 Å². The van der Waals surface area contributed by atoms with Crippen LogP contribution in [0.25, 0.3) is 0 Å². The second kappa shape index (κ2) is 7.68. The van der Waals surface area contributed by atoms with Crippen LogP contribution in [0.3, 0.4) is 0 Å². The summed E-state index contributed by atoms with van der Waals surface area (Å²) in [5.41, 5.74) is -1.49. The van der Waals surface area contributed by atoms with E-state index >= 15 is 0 Å². The number of ether oxygens (including phenoxy) is 1. The van der Waals surface area contributed by atoms with Gasteiger partial charge in [-0.15, -0.1) is 0 Å². The lowest BCUT2D eigenvalue weighted by atomic mass is 9.80. The highest BCUT2D eigenvalue weighted by Gasteiger charge is 2.38. The van der Waals surface area contributed by atoms with Gasteiger partial charge in [0, 0.05) is 19.0 Å². The van der Waals surface area contributed by atoms with E-state index in [-0.39, 0.29) is 18.0 Å². The molecule has 2 atom stereocenters. The van der Waals surface area contributed by atoms with Crippen LogP contribution in [0.15, 0.2) is 24.3 Å². The van der Waals surface area contributed by atoms with Crippen LogP contribution in [0, 0.1) is 5.92 Å². The predicted molar refractivity (Wildman–Crippen MR) is 90.8 cm³/mol. The highest BCUT2D eigenvalue weighted by Crippen LogP contribution is 2.39. The summed E-state index contributed by atoms with van der Waals surface area (Å²) in [5.74, 6) is -1.30. The number of hydrogen-bond donors (Lipinski definition) is 0. The Morgan fingerprint density at radius 1 is 1.27 bits per heavy atom. The number of nitrogens with zero attached hydrogens (tertiary/aromatic N) is 1. The third-order valence-electron chi connectivity index (χ3n) is 4.39. The Bertz CT molecular complexity index is 652. The van der Waals surface area contributed by atoms with Gasteiger partial charge >= 0.3 is 12.3 Å². The molecule has 0 radical (unpaired) electrons. The summed E-state index contributed by atoms with van der Waals surface area (Å²) in [5, 5.41) is 0. The van der Waals surface area contributed by atoms with Gasteiger partial charge in [0.2, 0.25) is 0 Å². The molecule has 0 saturated carbocycles. The van der Waals surface area contributed by atoms with Gasteiger partial charge in [-0.05, 0) is 51.2 Å². The summed E-state index contributed by atoms with van der Waals surface area (Å²) < 4.78 is 45.2. The molecule has 1 saturated heterocycles. The predicted octanol–water partition coefficient (Wildman–Crippen LogP) is 4.64. The molecule has 1 aliphatic heterocycles. The monoisotopic (exact) mass is 371 g/mol. The van der Waals surface area contributed by atoms with Gasteiger partial charge in [0.05, 0.1) is 5.56 Å². The van der Waals surface area contributed by atoms with Crippen LogP contribution in [0.4, 0.5) is 18.0 Å². The molecule has 4 nitrogen and oxygen atoms in total. The second-order valence-electron chi connectivity index (χ2n) is 7.58. The zero-order valence-corrected chi connectivity index (χ0v) is 15.2. The van der Waals surface area contributed by atoms with Crippen molar-refractivity contribution in [2.45, 2.75) is 51.3 Å². The molecule has 0 spiro atoms. The van der Waals surface area contributed by atoms with E-state index in [1.54, 1.807) is 20.8 Å². The third-order valence-corrected chi connectivity index (χ3v) is 4.39. The van der Waals surface area contributed by atoms with Crippen LogP contribution < -0.4 is 0 Å². The first-order valence-corrected chi connectivity index (χ1v) is 8.62. The maximum Gasteiger partial charge on any atom is 0.416 e. The van der Waals surface area contributed by atoms with E-state index in [0.29, 0.717) is 25.7 Å². The average molecular weight is 371 g/mol. The molecule has 0 aromatic heterocycles. The molecular formula is C19H24F3NO3. The standard InChI is InChI=1S/C19H24F3NO3/c1-18(2,3)26-17(25)23-10-6-7-13(11-23)15(12-24)14-8-4-5-9-16(14)19(20,21)22/h4-5,8-9,12-13,15H,6-7,10-11H2,1-3H3. The quantitative estimate of drug-likeness (QED) is 0.728. The number of benzene rings is 1. The first-order valence-electron chi connectivity index (χ1n) is 8.62. The van der Waals surface area contributed by atoms with Crippen LogP contribution in [0.2, 0.25) is 0 Å². The van der Waals surface area contributed by atoms with Crippen LogP contribution in [0.5, 0.6) is 0 Å².